The Labute approximate surface area is 197 Å². The Morgan fingerprint density at radius 3 is 2.52 bits per heavy atom. The number of hydrogen-bond acceptors (Lipinski definition) is 6. The van der Waals surface area contributed by atoms with Crippen LogP contribution in [0.5, 0.6) is 5.75 Å². The molecular formula is C25H27N3O4S. The predicted molar refractivity (Wildman–Crippen MR) is 126 cm³/mol. The van der Waals surface area contributed by atoms with Gasteiger partial charge in [0.05, 0.1) is 31.0 Å². The Morgan fingerprint density at radius 1 is 1.18 bits per heavy atom. The van der Waals surface area contributed by atoms with Gasteiger partial charge in [-0.15, -0.1) is 11.3 Å². The van der Waals surface area contributed by atoms with Crippen LogP contribution in [-0.2, 0) is 23.2 Å². The number of aromatic carboxylic acids is 1. The summed E-state index contributed by atoms with van der Waals surface area (Å²) in [6.45, 7) is 2.60. The van der Waals surface area contributed by atoms with Gasteiger partial charge in [-0.1, -0.05) is 30.3 Å². The molecule has 2 aromatic heterocycles. The molecule has 0 bridgehead atoms. The second kappa shape index (κ2) is 9.70. The van der Waals surface area contributed by atoms with E-state index in [0.717, 1.165) is 31.4 Å². The summed E-state index contributed by atoms with van der Waals surface area (Å²) < 4.78 is 5.20. The van der Waals surface area contributed by atoms with Crippen LogP contribution in [0.25, 0.3) is 0 Å². The highest BCUT2D eigenvalue weighted by atomic mass is 32.1. The molecule has 3 aromatic rings. The zero-order valence-electron chi connectivity index (χ0n) is 18.8. The summed E-state index contributed by atoms with van der Waals surface area (Å²) >= 11 is 1.33. The molecule has 172 valence electrons. The van der Waals surface area contributed by atoms with Crippen LogP contribution in [0.4, 0.5) is 0 Å². The largest absolute Gasteiger partial charge is 0.495 e. The Hall–Kier alpha value is -3.26. The number of pyridine rings is 1. The first-order valence-electron chi connectivity index (χ1n) is 11.0. The molecular weight excluding hydrogens is 438 g/mol. The molecule has 1 aliphatic carbocycles. The monoisotopic (exact) mass is 465 g/mol. The molecule has 8 heteroatoms. The number of ether oxygens (including phenoxy) is 1. The number of carbonyl (C=O) groups is 2. The molecule has 2 heterocycles. The van der Waals surface area contributed by atoms with E-state index in [4.69, 9.17) is 4.74 Å². The highest BCUT2D eigenvalue weighted by molar-refractivity contribution is 7.11. The van der Waals surface area contributed by atoms with E-state index in [-0.39, 0.29) is 11.6 Å². The standard InChI is InChI=1S/C25H27N3O4S/c1-17-22(23(29)30)27-21(33-17)16-28(14-6-9-18-7-4-3-5-8-18)24(31)25(12-13-25)20-11-10-19(32-2)15-26-20/h3-5,7-8,10-11,15H,6,9,12-14,16H2,1-2H3,(H,29,30). The second-order valence-electron chi connectivity index (χ2n) is 8.30. The zero-order chi connectivity index (χ0) is 23.4. The van der Waals surface area contributed by atoms with Gasteiger partial charge in [-0.05, 0) is 50.3 Å². The average molecular weight is 466 g/mol. The van der Waals surface area contributed by atoms with Gasteiger partial charge in [0, 0.05) is 11.4 Å². The lowest BCUT2D eigenvalue weighted by Gasteiger charge is -2.27. The first-order valence-corrected chi connectivity index (χ1v) is 11.8. The van der Waals surface area contributed by atoms with E-state index in [0.29, 0.717) is 28.7 Å². The Balaban J connectivity index is 1.54. The van der Waals surface area contributed by atoms with Crippen LogP contribution >= 0.6 is 11.3 Å². The van der Waals surface area contributed by atoms with E-state index in [2.05, 4.69) is 22.1 Å². The van der Waals surface area contributed by atoms with Crippen molar-refractivity contribution in [3.8, 4) is 5.75 Å². The molecule has 1 saturated carbocycles. The molecule has 33 heavy (non-hydrogen) atoms. The van der Waals surface area contributed by atoms with Crippen LogP contribution in [-0.4, -0.2) is 45.5 Å². The van der Waals surface area contributed by atoms with Crippen molar-refractivity contribution < 1.29 is 19.4 Å². The van der Waals surface area contributed by atoms with Crippen LogP contribution in [0.3, 0.4) is 0 Å². The lowest BCUT2D eigenvalue weighted by atomic mass is 9.99. The number of aryl methyl sites for hydroxylation is 2. The summed E-state index contributed by atoms with van der Waals surface area (Å²) in [6, 6.07) is 13.9. The molecule has 0 aliphatic heterocycles. The van der Waals surface area contributed by atoms with Crippen LogP contribution in [0.2, 0.25) is 0 Å². The summed E-state index contributed by atoms with van der Waals surface area (Å²) in [7, 11) is 1.59. The molecule has 0 saturated heterocycles. The lowest BCUT2D eigenvalue weighted by Crippen LogP contribution is -2.40. The van der Waals surface area contributed by atoms with Gasteiger partial charge in [0.25, 0.3) is 0 Å². The number of thiazole rings is 1. The van der Waals surface area contributed by atoms with Crippen molar-refractivity contribution in [3.63, 3.8) is 0 Å². The average Bonchev–Trinajstić information content (AvgIpc) is 3.55. The molecule has 0 radical (unpaired) electrons. The molecule has 0 unspecified atom stereocenters. The fourth-order valence-electron chi connectivity index (χ4n) is 4.04. The Kier molecular flexibility index (Phi) is 6.74. The zero-order valence-corrected chi connectivity index (χ0v) is 19.6. The Bertz CT molecular complexity index is 1120. The lowest BCUT2D eigenvalue weighted by molar-refractivity contribution is -0.134. The van der Waals surface area contributed by atoms with Crippen molar-refractivity contribution >= 4 is 23.2 Å². The molecule has 4 rings (SSSR count). The maximum Gasteiger partial charge on any atom is 0.355 e. The molecule has 1 aromatic carbocycles. The van der Waals surface area contributed by atoms with Crippen LogP contribution in [0.1, 0.15) is 50.9 Å². The number of hydrogen-bond donors (Lipinski definition) is 1. The fourth-order valence-corrected chi connectivity index (χ4v) is 4.98. The SMILES string of the molecule is COc1ccc(C2(C(=O)N(CCCc3ccccc3)Cc3nc(C(=O)O)c(C)s3)CC2)nc1. The number of carbonyl (C=O) groups excluding carboxylic acids is 1. The van der Waals surface area contributed by atoms with E-state index >= 15 is 0 Å². The molecule has 1 fully saturated rings. The highest BCUT2D eigenvalue weighted by Crippen LogP contribution is 2.49. The number of carboxylic acids is 1. The third-order valence-electron chi connectivity index (χ3n) is 6.01. The van der Waals surface area contributed by atoms with E-state index in [1.165, 1.54) is 16.9 Å². The highest BCUT2D eigenvalue weighted by Gasteiger charge is 2.54. The summed E-state index contributed by atoms with van der Waals surface area (Å²) in [5.74, 6) is -0.364. The van der Waals surface area contributed by atoms with Gasteiger partial charge in [0.15, 0.2) is 5.69 Å². The van der Waals surface area contributed by atoms with Crippen LogP contribution in [0.15, 0.2) is 48.7 Å². The third-order valence-corrected chi connectivity index (χ3v) is 6.97. The maximum absolute atomic E-state index is 13.8. The number of aromatic nitrogens is 2. The number of nitrogens with zero attached hydrogens (tertiary/aromatic N) is 3. The van der Waals surface area contributed by atoms with Crippen molar-refractivity contribution in [2.75, 3.05) is 13.7 Å². The van der Waals surface area contributed by atoms with Gasteiger partial charge in [-0.25, -0.2) is 9.78 Å². The van der Waals surface area contributed by atoms with Gasteiger partial charge in [0.1, 0.15) is 10.8 Å². The third kappa shape index (κ3) is 5.06. The number of rotatable bonds is 10. The van der Waals surface area contributed by atoms with Gasteiger partial charge >= 0.3 is 5.97 Å². The summed E-state index contributed by atoms with van der Waals surface area (Å²) in [5, 5.41) is 10.0. The number of carboxylic acid groups (broad SMARTS) is 1. The molecule has 0 spiro atoms. The quantitative estimate of drug-likeness (QED) is 0.481. The van der Waals surface area contributed by atoms with Gasteiger partial charge in [-0.3, -0.25) is 9.78 Å². The van der Waals surface area contributed by atoms with Crippen molar-refractivity contribution in [2.24, 2.45) is 0 Å². The molecule has 1 N–H and O–H groups in total. The first-order chi connectivity index (χ1) is 15.9. The maximum atomic E-state index is 13.8. The van der Waals surface area contributed by atoms with Crippen molar-refractivity contribution in [2.45, 2.75) is 44.6 Å². The molecule has 7 nitrogen and oxygen atoms in total. The smallest absolute Gasteiger partial charge is 0.355 e. The minimum atomic E-state index is -1.04. The second-order valence-corrected chi connectivity index (χ2v) is 9.59. The van der Waals surface area contributed by atoms with E-state index in [1.54, 1.807) is 20.2 Å². The van der Waals surface area contributed by atoms with Gasteiger partial charge in [0.2, 0.25) is 5.91 Å². The van der Waals surface area contributed by atoms with E-state index < -0.39 is 11.4 Å². The van der Waals surface area contributed by atoms with Crippen molar-refractivity contribution in [1.29, 1.82) is 0 Å². The van der Waals surface area contributed by atoms with Crippen LogP contribution in [0, 0.1) is 6.92 Å². The first kappa shape index (κ1) is 22.9. The van der Waals surface area contributed by atoms with Gasteiger partial charge < -0.3 is 14.7 Å². The fraction of sp³-hybridized carbons (Fsp3) is 0.360. The van der Waals surface area contributed by atoms with Crippen molar-refractivity contribution in [1.82, 2.24) is 14.9 Å². The van der Waals surface area contributed by atoms with Gasteiger partial charge in [-0.2, -0.15) is 0 Å². The molecule has 0 atom stereocenters. The number of benzene rings is 1. The van der Waals surface area contributed by atoms with E-state index in [9.17, 15) is 14.7 Å². The molecule has 1 amide bonds. The topological polar surface area (TPSA) is 92.6 Å². The summed E-state index contributed by atoms with van der Waals surface area (Å²) in [6.07, 6.45) is 4.80. The minimum Gasteiger partial charge on any atom is -0.495 e. The predicted octanol–water partition coefficient (Wildman–Crippen LogP) is 4.25. The van der Waals surface area contributed by atoms with Crippen molar-refractivity contribution in [3.05, 3.63) is 75.5 Å². The number of methoxy groups -OCH3 is 1. The summed E-state index contributed by atoms with van der Waals surface area (Å²) in [4.78, 5) is 36.5. The molecule has 1 aliphatic rings. The van der Waals surface area contributed by atoms with E-state index in [1.807, 2.05) is 35.2 Å². The number of amides is 1. The summed E-state index contributed by atoms with van der Waals surface area (Å²) in [5.41, 5.74) is 1.41. The minimum absolute atomic E-state index is 0.0259. The normalized spacial score (nSPS) is 14.0. The Morgan fingerprint density at radius 2 is 1.94 bits per heavy atom. The van der Waals surface area contributed by atoms with Crippen LogP contribution < -0.4 is 4.74 Å².